The van der Waals surface area contributed by atoms with E-state index in [0.717, 1.165) is 5.56 Å². The number of carbonyl (C=O) groups is 1. The van der Waals surface area contributed by atoms with Crippen molar-refractivity contribution in [3.8, 4) is 5.75 Å². The van der Waals surface area contributed by atoms with Crippen LogP contribution in [-0.4, -0.2) is 24.3 Å². The first-order valence-corrected chi connectivity index (χ1v) is 7.87. The van der Waals surface area contributed by atoms with Crippen LogP contribution in [0.4, 0.5) is 0 Å². The van der Waals surface area contributed by atoms with E-state index < -0.39 is 12.0 Å². The maximum atomic E-state index is 12.4. The van der Waals surface area contributed by atoms with Crippen molar-refractivity contribution in [3.63, 3.8) is 0 Å². The summed E-state index contributed by atoms with van der Waals surface area (Å²) in [6, 6.07) is 7.06. The Hall–Kier alpha value is -2.60. The Morgan fingerprint density at radius 3 is 2.79 bits per heavy atom. The van der Waals surface area contributed by atoms with Crippen LogP contribution in [0.15, 0.2) is 60.8 Å². The van der Waals surface area contributed by atoms with Gasteiger partial charge in [0, 0.05) is 5.70 Å². The van der Waals surface area contributed by atoms with E-state index in [1.54, 1.807) is 13.0 Å². The van der Waals surface area contributed by atoms with Gasteiger partial charge in [0.1, 0.15) is 19.0 Å². The lowest BCUT2D eigenvalue weighted by Crippen LogP contribution is -2.45. The van der Waals surface area contributed by atoms with Gasteiger partial charge in [-0.2, -0.15) is 0 Å². The summed E-state index contributed by atoms with van der Waals surface area (Å²) < 4.78 is 10.8. The Morgan fingerprint density at radius 1 is 1.33 bits per heavy atom. The van der Waals surface area contributed by atoms with Crippen LogP contribution >= 0.6 is 12.2 Å². The Kier molecular flexibility index (Phi) is 6.14. The maximum Gasteiger partial charge on any atom is 0.338 e. The van der Waals surface area contributed by atoms with E-state index in [9.17, 15) is 4.79 Å². The number of hydrogen-bond donors (Lipinski definition) is 2. The van der Waals surface area contributed by atoms with Gasteiger partial charge < -0.3 is 20.1 Å². The van der Waals surface area contributed by atoms with E-state index in [0.29, 0.717) is 28.7 Å². The van der Waals surface area contributed by atoms with Gasteiger partial charge in [-0.25, -0.2) is 4.79 Å². The molecule has 126 valence electrons. The summed E-state index contributed by atoms with van der Waals surface area (Å²) in [6.45, 7) is 9.54. The van der Waals surface area contributed by atoms with E-state index in [1.165, 1.54) is 6.08 Å². The minimum atomic E-state index is -0.419. The zero-order valence-corrected chi connectivity index (χ0v) is 14.3. The Bertz CT molecular complexity index is 697. The Balaban J connectivity index is 2.35. The summed E-state index contributed by atoms with van der Waals surface area (Å²) in [5.74, 6) is 0.271. The topological polar surface area (TPSA) is 59.6 Å². The molecule has 0 bridgehead atoms. The van der Waals surface area contributed by atoms with E-state index >= 15 is 0 Å². The van der Waals surface area contributed by atoms with Crippen molar-refractivity contribution in [1.29, 1.82) is 0 Å². The van der Waals surface area contributed by atoms with Crippen LogP contribution in [0.1, 0.15) is 18.5 Å². The summed E-state index contributed by atoms with van der Waals surface area (Å²) in [6.07, 6.45) is 3.20. The van der Waals surface area contributed by atoms with Crippen LogP contribution < -0.4 is 15.4 Å². The fourth-order valence-corrected chi connectivity index (χ4v) is 2.64. The molecular formula is C18H20N2O3S. The number of rotatable bonds is 7. The normalized spacial score (nSPS) is 16.7. The molecule has 2 rings (SSSR count). The molecule has 0 radical (unpaired) electrons. The highest BCUT2D eigenvalue weighted by Crippen LogP contribution is 2.29. The minimum absolute atomic E-state index is 0.148. The van der Waals surface area contributed by atoms with Crippen LogP contribution in [-0.2, 0) is 9.53 Å². The molecule has 0 saturated heterocycles. The summed E-state index contributed by atoms with van der Waals surface area (Å²) in [4.78, 5) is 12.4. The van der Waals surface area contributed by atoms with Crippen molar-refractivity contribution >= 4 is 23.3 Å². The second-order valence-electron chi connectivity index (χ2n) is 5.13. The quantitative estimate of drug-likeness (QED) is 0.451. The van der Waals surface area contributed by atoms with Gasteiger partial charge >= 0.3 is 5.97 Å². The second-order valence-corrected chi connectivity index (χ2v) is 5.54. The monoisotopic (exact) mass is 344 g/mol. The molecule has 0 aromatic heterocycles. The lowest BCUT2D eigenvalue weighted by molar-refractivity contribution is -0.138. The fourth-order valence-electron chi connectivity index (χ4n) is 2.37. The zero-order valence-electron chi connectivity index (χ0n) is 13.5. The van der Waals surface area contributed by atoms with Gasteiger partial charge in [0.05, 0.1) is 11.6 Å². The second kappa shape index (κ2) is 8.31. The Labute approximate surface area is 147 Å². The minimum Gasteiger partial charge on any atom is -0.490 e. The Morgan fingerprint density at radius 2 is 2.08 bits per heavy atom. The molecule has 1 heterocycles. The van der Waals surface area contributed by atoms with E-state index in [1.807, 2.05) is 24.3 Å². The van der Waals surface area contributed by atoms with Gasteiger partial charge in [-0.1, -0.05) is 37.4 Å². The van der Waals surface area contributed by atoms with Crippen LogP contribution in [0.3, 0.4) is 0 Å². The molecule has 1 aliphatic heterocycles. The van der Waals surface area contributed by atoms with Crippen LogP contribution in [0.25, 0.3) is 0 Å². The van der Waals surface area contributed by atoms with Gasteiger partial charge in [-0.05, 0) is 36.8 Å². The van der Waals surface area contributed by atoms with E-state index in [4.69, 9.17) is 21.7 Å². The van der Waals surface area contributed by atoms with Gasteiger partial charge in [0.15, 0.2) is 5.11 Å². The van der Waals surface area contributed by atoms with Crippen molar-refractivity contribution in [3.05, 3.63) is 66.4 Å². The predicted octanol–water partition coefficient (Wildman–Crippen LogP) is 2.77. The molecule has 0 aliphatic carbocycles. The van der Waals surface area contributed by atoms with Crippen LogP contribution in [0, 0.1) is 0 Å². The van der Waals surface area contributed by atoms with Crippen LogP contribution in [0.2, 0.25) is 0 Å². The molecule has 0 unspecified atom stereocenters. The number of nitrogens with one attached hydrogen (secondary N) is 2. The van der Waals surface area contributed by atoms with Crippen molar-refractivity contribution in [2.45, 2.75) is 13.0 Å². The average Bonchev–Trinajstić information content (AvgIpc) is 2.57. The van der Waals surface area contributed by atoms with Crippen molar-refractivity contribution in [2.24, 2.45) is 0 Å². The molecule has 1 atom stereocenters. The molecule has 1 aliphatic rings. The third kappa shape index (κ3) is 4.23. The molecular weight excluding hydrogens is 324 g/mol. The molecule has 0 spiro atoms. The van der Waals surface area contributed by atoms with Gasteiger partial charge in [0.25, 0.3) is 0 Å². The zero-order chi connectivity index (χ0) is 17.5. The molecule has 0 amide bonds. The molecule has 2 N–H and O–H groups in total. The number of benzene rings is 1. The maximum absolute atomic E-state index is 12.4. The third-order valence-corrected chi connectivity index (χ3v) is 3.60. The highest BCUT2D eigenvalue weighted by Gasteiger charge is 2.31. The molecule has 5 nitrogen and oxygen atoms in total. The highest BCUT2D eigenvalue weighted by molar-refractivity contribution is 7.80. The van der Waals surface area contributed by atoms with Gasteiger partial charge in [-0.15, -0.1) is 0 Å². The first-order chi connectivity index (χ1) is 11.6. The van der Waals surface area contributed by atoms with Crippen molar-refractivity contribution in [1.82, 2.24) is 10.6 Å². The van der Waals surface area contributed by atoms with E-state index in [2.05, 4.69) is 23.8 Å². The largest absolute Gasteiger partial charge is 0.490 e. The molecule has 24 heavy (non-hydrogen) atoms. The molecule has 6 heteroatoms. The lowest BCUT2D eigenvalue weighted by Gasteiger charge is -2.30. The third-order valence-electron chi connectivity index (χ3n) is 3.38. The average molecular weight is 344 g/mol. The number of thiocarbonyl (C=S) groups is 1. The summed E-state index contributed by atoms with van der Waals surface area (Å²) in [7, 11) is 0. The van der Waals surface area contributed by atoms with Gasteiger partial charge in [-0.3, -0.25) is 0 Å². The number of ether oxygens (including phenoxy) is 2. The number of carbonyl (C=O) groups excluding carboxylic acids is 1. The lowest BCUT2D eigenvalue weighted by atomic mass is 9.95. The number of allylic oxidation sites excluding steroid dienone is 1. The molecule has 0 fully saturated rings. The summed E-state index contributed by atoms with van der Waals surface area (Å²) in [5.41, 5.74) is 1.99. The van der Waals surface area contributed by atoms with Crippen molar-refractivity contribution in [2.75, 3.05) is 13.2 Å². The molecule has 1 aromatic carbocycles. The SMILES string of the molecule is C=CCOC(=O)C1=C(C)NC(=S)N[C@H]1c1cccc(OCC=C)c1. The first kappa shape index (κ1) is 17.7. The van der Waals surface area contributed by atoms with Crippen LogP contribution in [0.5, 0.6) is 5.75 Å². The summed E-state index contributed by atoms with van der Waals surface area (Å²) in [5, 5.41) is 6.53. The van der Waals surface area contributed by atoms with Gasteiger partial charge in [0.2, 0.25) is 0 Å². The number of hydrogen-bond acceptors (Lipinski definition) is 4. The van der Waals surface area contributed by atoms with E-state index in [-0.39, 0.29) is 6.61 Å². The first-order valence-electron chi connectivity index (χ1n) is 7.46. The fraction of sp³-hybridized carbons (Fsp3) is 0.222. The molecule has 0 saturated carbocycles. The van der Waals surface area contributed by atoms with Crippen molar-refractivity contribution < 1.29 is 14.3 Å². The summed E-state index contributed by atoms with van der Waals surface area (Å²) >= 11 is 5.22. The molecule has 1 aromatic rings. The number of esters is 1. The smallest absolute Gasteiger partial charge is 0.338 e. The predicted molar refractivity (Wildman–Crippen MR) is 97.6 cm³/mol. The highest BCUT2D eigenvalue weighted by atomic mass is 32.1. The standard InChI is InChI=1S/C18H20N2O3S/c1-4-9-22-14-8-6-7-13(11-14)16-15(17(21)23-10-5-2)12(3)19-18(24)20-16/h4-8,11,16H,1-2,9-10H2,3H3,(H2,19,20,24)/t16-/m0/s1.